The van der Waals surface area contributed by atoms with E-state index in [-0.39, 0.29) is 0 Å². The maximum absolute atomic E-state index is 10.8. The van der Waals surface area contributed by atoms with E-state index in [1.54, 1.807) is 6.07 Å². The molecule has 0 amide bonds. The zero-order valence-electron chi connectivity index (χ0n) is 11.6. The molecule has 1 aliphatic rings. The fourth-order valence-electron chi connectivity index (χ4n) is 3.13. The summed E-state index contributed by atoms with van der Waals surface area (Å²) in [5.41, 5.74) is 0.392. The summed E-state index contributed by atoms with van der Waals surface area (Å²) in [7, 11) is 0. The molecule has 2 unspecified atom stereocenters. The molecule has 0 spiro atoms. The quantitative estimate of drug-likeness (QED) is 0.822. The van der Waals surface area contributed by atoms with Crippen molar-refractivity contribution in [3.63, 3.8) is 0 Å². The molecule has 0 bridgehead atoms. The van der Waals surface area contributed by atoms with Crippen molar-refractivity contribution in [3.05, 3.63) is 33.8 Å². The maximum atomic E-state index is 10.8. The van der Waals surface area contributed by atoms with E-state index in [1.807, 2.05) is 12.1 Å². The first-order valence-corrected chi connectivity index (χ1v) is 7.81. The Morgan fingerprint density at radius 3 is 2.74 bits per heavy atom. The van der Waals surface area contributed by atoms with Gasteiger partial charge in [-0.2, -0.15) is 0 Å². The Kier molecular flexibility index (Phi) is 4.81. The molecule has 0 aromatic heterocycles. The Hall–Kier alpha value is -0.240. The third kappa shape index (κ3) is 3.87. The molecule has 1 aromatic carbocycles. The number of halogens is 2. The number of aliphatic hydroxyl groups is 1. The van der Waals surface area contributed by atoms with Crippen LogP contribution in [-0.2, 0) is 6.42 Å². The van der Waals surface area contributed by atoms with Crippen molar-refractivity contribution in [1.29, 1.82) is 0 Å². The maximum Gasteiger partial charge on any atom is 0.0691 e. The van der Waals surface area contributed by atoms with E-state index in [0.717, 1.165) is 24.8 Å². The minimum Gasteiger partial charge on any atom is -0.390 e. The summed E-state index contributed by atoms with van der Waals surface area (Å²) in [6.07, 6.45) is 4.71. The smallest absolute Gasteiger partial charge is 0.0691 e. The molecule has 1 aliphatic carbocycles. The van der Waals surface area contributed by atoms with Crippen LogP contribution in [0.25, 0.3) is 0 Å². The van der Waals surface area contributed by atoms with Crippen LogP contribution in [0.4, 0.5) is 0 Å². The second-order valence-electron chi connectivity index (χ2n) is 6.24. The minimum atomic E-state index is -0.606. The van der Waals surface area contributed by atoms with Crippen molar-refractivity contribution in [3.8, 4) is 0 Å². The minimum absolute atomic E-state index is 0.606. The van der Waals surface area contributed by atoms with E-state index in [4.69, 9.17) is 23.2 Å². The Balaban J connectivity index is 2.12. The van der Waals surface area contributed by atoms with Gasteiger partial charge in [0, 0.05) is 16.5 Å². The normalized spacial score (nSPS) is 27.8. The van der Waals surface area contributed by atoms with E-state index >= 15 is 0 Å². The molecule has 2 atom stereocenters. The van der Waals surface area contributed by atoms with Crippen LogP contribution >= 0.6 is 23.2 Å². The first-order chi connectivity index (χ1) is 8.89. The Labute approximate surface area is 125 Å². The van der Waals surface area contributed by atoms with E-state index < -0.39 is 5.60 Å². The summed E-state index contributed by atoms with van der Waals surface area (Å²) < 4.78 is 0. The van der Waals surface area contributed by atoms with E-state index in [9.17, 15) is 5.11 Å². The Bertz CT molecular complexity index is 444. The number of hydrogen-bond acceptors (Lipinski definition) is 1. The van der Waals surface area contributed by atoms with Crippen LogP contribution in [0.15, 0.2) is 18.2 Å². The van der Waals surface area contributed by atoms with Crippen LogP contribution in [0.3, 0.4) is 0 Å². The number of rotatable bonds is 3. The summed E-state index contributed by atoms with van der Waals surface area (Å²) in [5, 5.41) is 12.1. The third-order valence-corrected chi connectivity index (χ3v) is 4.92. The molecular formula is C16H22Cl2O. The summed E-state index contributed by atoms with van der Waals surface area (Å²) in [6.45, 7) is 4.48. The summed E-state index contributed by atoms with van der Waals surface area (Å²) >= 11 is 12.1. The molecule has 1 fully saturated rings. The van der Waals surface area contributed by atoms with Gasteiger partial charge in [0.2, 0.25) is 0 Å². The lowest BCUT2D eigenvalue weighted by molar-refractivity contribution is -0.0239. The topological polar surface area (TPSA) is 20.2 Å². The Morgan fingerprint density at radius 1 is 1.37 bits per heavy atom. The first kappa shape index (κ1) is 15.2. The van der Waals surface area contributed by atoms with Gasteiger partial charge in [-0.3, -0.25) is 0 Å². The highest BCUT2D eigenvalue weighted by Gasteiger charge is 2.35. The molecule has 0 aliphatic heterocycles. The lowest BCUT2D eigenvalue weighted by atomic mass is 9.71. The molecule has 19 heavy (non-hydrogen) atoms. The van der Waals surface area contributed by atoms with Crippen LogP contribution in [-0.4, -0.2) is 10.7 Å². The molecule has 1 aromatic rings. The standard InChI is InChI=1S/C16H22Cl2O/c1-11(2)12-4-3-7-16(19,9-12)10-13-5-6-14(17)8-15(13)18/h5-6,8,11-12,19H,3-4,7,9-10H2,1-2H3. The number of hydrogen-bond donors (Lipinski definition) is 1. The molecule has 1 saturated carbocycles. The van der Waals surface area contributed by atoms with Gasteiger partial charge in [0.15, 0.2) is 0 Å². The summed E-state index contributed by atoms with van der Waals surface area (Å²) in [5.74, 6) is 1.25. The monoisotopic (exact) mass is 300 g/mol. The van der Waals surface area contributed by atoms with Gasteiger partial charge in [0.1, 0.15) is 0 Å². The molecule has 1 nitrogen and oxygen atoms in total. The molecule has 0 saturated heterocycles. The van der Waals surface area contributed by atoms with Crippen molar-refractivity contribution in [2.45, 2.75) is 51.6 Å². The van der Waals surface area contributed by atoms with Crippen molar-refractivity contribution in [2.24, 2.45) is 11.8 Å². The highest BCUT2D eigenvalue weighted by molar-refractivity contribution is 6.35. The molecule has 0 heterocycles. The molecule has 1 N–H and O–H groups in total. The molecule has 2 rings (SSSR count). The van der Waals surface area contributed by atoms with Crippen molar-refractivity contribution in [1.82, 2.24) is 0 Å². The highest BCUT2D eigenvalue weighted by atomic mass is 35.5. The predicted octanol–water partition coefficient (Wildman–Crippen LogP) is 5.11. The fraction of sp³-hybridized carbons (Fsp3) is 0.625. The summed E-state index contributed by atoms with van der Waals surface area (Å²) in [6, 6.07) is 5.53. The number of benzene rings is 1. The highest BCUT2D eigenvalue weighted by Crippen LogP contribution is 2.39. The van der Waals surface area contributed by atoms with Gasteiger partial charge in [-0.25, -0.2) is 0 Å². The van der Waals surface area contributed by atoms with Gasteiger partial charge in [-0.15, -0.1) is 0 Å². The second kappa shape index (κ2) is 6.03. The van der Waals surface area contributed by atoms with Crippen LogP contribution < -0.4 is 0 Å². The van der Waals surface area contributed by atoms with Crippen LogP contribution in [0.5, 0.6) is 0 Å². The first-order valence-electron chi connectivity index (χ1n) is 7.06. The van der Waals surface area contributed by atoms with E-state index in [1.165, 1.54) is 6.42 Å². The zero-order chi connectivity index (χ0) is 14.0. The van der Waals surface area contributed by atoms with Crippen molar-refractivity contribution in [2.75, 3.05) is 0 Å². The fourth-order valence-corrected chi connectivity index (χ4v) is 3.61. The lowest BCUT2D eigenvalue weighted by Crippen LogP contribution is -2.38. The van der Waals surface area contributed by atoms with Crippen LogP contribution in [0, 0.1) is 11.8 Å². The predicted molar refractivity (Wildman–Crippen MR) is 81.9 cm³/mol. The average Bonchev–Trinajstić information content (AvgIpc) is 2.33. The van der Waals surface area contributed by atoms with Crippen LogP contribution in [0.2, 0.25) is 10.0 Å². The lowest BCUT2D eigenvalue weighted by Gasteiger charge is -2.39. The third-order valence-electron chi connectivity index (χ3n) is 4.34. The second-order valence-corrected chi connectivity index (χ2v) is 7.08. The van der Waals surface area contributed by atoms with E-state index in [0.29, 0.717) is 28.3 Å². The largest absolute Gasteiger partial charge is 0.390 e. The Morgan fingerprint density at radius 2 is 2.11 bits per heavy atom. The van der Waals surface area contributed by atoms with Gasteiger partial charge in [0.25, 0.3) is 0 Å². The van der Waals surface area contributed by atoms with Gasteiger partial charge in [-0.1, -0.05) is 49.5 Å². The van der Waals surface area contributed by atoms with Gasteiger partial charge in [0.05, 0.1) is 5.60 Å². The molecule has 0 radical (unpaired) electrons. The molecule has 3 heteroatoms. The SMILES string of the molecule is CC(C)C1CCCC(O)(Cc2ccc(Cl)cc2Cl)C1. The average molecular weight is 301 g/mol. The van der Waals surface area contributed by atoms with Gasteiger partial charge < -0.3 is 5.11 Å². The molecule has 106 valence electrons. The summed E-state index contributed by atoms with van der Waals surface area (Å²) in [4.78, 5) is 0. The zero-order valence-corrected chi connectivity index (χ0v) is 13.1. The molecular weight excluding hydrogens is 279 g/mol. The van der Waals surface area contributed by atoms with Gasteiger partial charge in [-0.05, 0) is 48.8 Å². The van der Waals surface area contributed by atoms with Crippen molar-refractivity contribution >= 4 is 23.2 Å². The van der Waals surface area contributed by atoms with E-state index in [2.05, 4.69) is 13.8 Å². The van der Waals surface area contributed by atoms with Crippen molar-refractivity contribution < 1.29 is 5.11 Å². The van der Waals surface area contributed by atoms with Gasteiger partial charge >= 0.3 is 0 Å². The van der Waals surface area contributed by atoms with Crippen LogP contribution in [0.1, 0.15) is 45.1 Å².